The Hall–Kier alpha value is -3.04. The zero-order chi connectivity index (χ0) is 17.3. The van der Waals surface area contributed by atoms with Crippen LogP contribution < -0.4 is 0 Å². The maximum Gasteiger partial charge on any atom is 0.357 e. The van der Waals surface area contributed by atoms with Gasteiger partial charge in [0.05, 0.1) is 23.2 Å². The van der Waals surface area contributed by atoms with E-state index in [0.29, 0.717) is 21.8 Å². The van der Waals surface area contributed by atoms with Crippen molar-refractivity contribution in [2.45, 2.75) is 6.10 Å². The average Bonchev–Trinajstić information content (AvgIpc) is 2.96. The van der Waals surface area contributed by atoms with Gasteiger partial charge in [0.1, 0.15) is 18.4 Å². The molecule has 0 saturated carbocycles. The Bertz CT molecular complexity index is 935. The van der Waals surface area contributed by atoms with Gasteiger partial charge in [-0.1, -0.05) is 0 Å². The van der Waals surface area contributed by atoms with Crippen LogP contribution >= 0.6 is 0 Å². The molecule has 124 valence electrons. The summed E-state index contributed by atoms with van der Waals surface area (Å²) in [6.07, 6.45) is 0.272. The summed E-state index contributed by atoms with van der Waals surface area (Å²) in [7, 11) is 0. The van der Waals surface area contributed by atoms with Gasteiger partial charge in [0.25, 0.3) is 5.69 Å². The summed E-state index contributed by atoms with van der Waals surface area (Å²) in [6.45, 7) is -0.875. The van der Waals surface area contributed by atoms with Crippen molar-refractivity contribution in [1.29, 1.82) is 0 Å². The van der Waals surface area contributed by atoms with Crippen LogP contribution in [-0.4, -0.2) is 50.4 Å². The van der Waals surface area contributed by atoms with Gasteiger partial charge in [-0.25, -0.2) is 9.78 Å². The van der Waals surface area contributed by atoms with E-state index < -0.39 is 23.6 Å². The number of pyridine rings is 1. The number of benzene rings is 1. The number of rotatable bonds is 5. The summed E-state index contributed by atoms with van der Waals surface area (Å²) < 4.78 is 4.85. The summed E-state index contributed by atoms with van der Waals surface area (Å²) in [4.78, 5) is 29.4. The predicted molar refractivity (Wildman–Crippen MR) is 83.6 cm³/mol. The third-order valence-corrected chi connectivity index (χ3v) is 3.50. The quantitative estimate of drug-likeness (QED) is 0.362. The lowest BCUT2D eigenvalue weighted by molar-refractivity contribution is -0.384. The van der Waals surface area contributed by atoms with Crippen LogP contribution in [-0.2, 0) is 4.74 Å². The van der Waals surface area contributed by atoms with Crippen molar-refractivity contribution < 1.29 is 24.7 Å². The summed E-state index contributed by atoms with van der Waals surface area (Å²) in [6, 6.07) is 5.85. The highest BCUT2D eigenvalue weighted by molar-refractivity contribution is 6.09. The first-order valence-electron chi connectivity index (χ1n) is 7.01. The Morgan fingerprint density at radius 2 is 2.08 bits per heavy atom. The van der Waals surface area contributed by atoms with E-state index in [9.17, 15) is 20.0 Å². The van der Waals surface area contributed by atoms with Crippen LogP contribution in [0.5, 0.6) is 0 Å². The van der Waals surface area contributed by atoms with Crippen LogP contribution in [0.1, 0.15) is 10.5 Å². The lowest BCUT2D eigenvalue weighted by atomic mass is 10.1. The molecule has 1 unspecified atom stereocenters. The minimum atomic E-state index is -1.16. The molecule has 3 aromatic rings. The Balaban J connectivity index is 1.99. The Morgan fingerprint density at radius 1 is 1.33 bits per heavy atom. The second kappa shape index (κ2) is 6.22. The molecule has 24 heavy (non-hydrogen) atoms. The highest BCUT2D eigenvalue weighted by atomic mass is 16.6. The topological polar surface area (TPSA) is 139 Å². The number of fused-ring (bicyclic) bond motifs is 3. The molecule has 1 aromatic carbocycles. The minimum absolute atomic E-state index is 0.0000425. The van der Waals surface area contributed by atoms with Gasteiger partial charge in [0, 0.05) is 28.4 Å². The van der Waals surface area contributed by atoms with Crippen LogP contribution in [0.25, 0.3) is 21.8 Å². The molecule has 0 aliphatic heterocycles. The third kappa shape index (κ3) is 2.90. The zero-order valence-electron chi connectivity index (χ0n) is 12.3. The molecule has 0 amide bonds. The number of nitrogens with zero attached hydrogens (tertiary/aromatic N) is 2. The third-order valence-electron chi connectivity index (χ3n) is 3.50. The molecule has 9 nitrogen and oxygen atoms in total. The largest absolute Gasteiger partial charge is 0.458 e. The van der Waals surface area contributed by atoms with Crippen molar-refractivity contribution in [2.24, 2.45) is 0 Å². The van der Waals surface area contributed by atoms with Gasteiger partial charge in [-0.15, -0.1) is 0 Å². The van der Waals surface area contributed by atoms with Crippen molar-refractivity contribution in [3.8, 4) is 0 Å². The molecular weight excluding hydrogens is 318 g/mol. The van der Waals surface area contributed by atoms with E-state index >= 15 is 0 Å². The summed E-state index contributed by atoms with van der Waals surface area (Å²) in [5, 5.41) is 30.0. The number of carbonyl (C=O) groups is 1. The molecule has 0 spiro atoms. The SMILES string of the molecule is O=C(OCC(O)CO)c1cc2c(cn1)[nH]c1ccc([N+](=O)[O-])cc12. The molecule has 3 rings (SSSR count). The Kier molecular flexibility index (Phi) is 4.11. The molecule has 3 N–H and O–H groups in total. The standard InChI is InChI=1S/C15H13N3O6/c19-6-9(20)7-24-15(21)13-4-11-10-3-8(18(22)23)1-2-12(10)17-14(11)5-16-13/h1-5,9,17,19-20H,6-7H2. The monoisotopic (exact) mass is 331 g/mol. The number of carbonyl (C=O) groups excluding carboxylic acids is 1. The van der Waals surface area contributed by atoms with Crippen molar-refractivity contribution in [3.63, 3.8) is 0 Å². The molecular formula is C15H13N3O6. The van der Waals surface area contributed by atoms with Gasteiger partial charge in [-0.2, -0.15) is 0 Å². The fourth-order valence-corrected chi connectivity index (χ4v) is 2.31. The van der Waals surface area contributed by atoms with Crippen LogP contribution in [0.4, 0.5) is 5.69 Å². The number of aromatic nitrogens is 2. The van der Waals surface area contributed by atoms with Gasteiger partial charge in [0.2, 0.25) is 0 Å². The highest BCUT2D eigenvalue weighted by Gasteiger charge is 2.16. The number of hydrogen-bond donors (Lipinski definition) is 3. The first-order valence-corrected chi connectivity index (χ1v) is 7.01. The zero-order valence-corrected chi connectivity index (χ0v) is 12.3. The van der Waals surface area contributed by atoms with E-state index in [1.165, 1.54) is 24.4 Å². The number of nitrogens with one attached hydrogen (secondary N) is 1. The highest BCUT2D eigenvalue weighted by Crippen LogP contribution is 2.28. The van der Waals surface area contributed by atoms with Crippen LogP contribution in [0.15, 0.2) is 30.5 Å². The van der Waals surface area contributed by atoms with Crippen LogP contribution in [0.2, 0.25) is 0 Å². The molecule has 0 radical (unpaired) electrons. The average molecular weight is 331 g/mol. The second-order valence-electron chi connectivity index (χ2n) is 5.16. The first-order chi connectivity index (χ1) is 11.5. The van der Waals surface area contributed by atoms with Gasteiger partial charge in [-0.05, 0) is 12.1 Å². The van der Waals surface area contributed by atoms with Gasteiger partial charge in [0.15, 0.2) is 0 Å². The number of H-pyrrole nitrogens is 1. The van der Waals surface area contributed by atoms with Crippen LogP contribution in [0, 0.1) is 10.1 Å². The van der Waals surface area contributed by atoms with Crippen molar-refractivity contribution in [1.82, 2.24) is 9.97 Å². The number of nitro groups is 1. The maximum absolute atomic E-state index is 11.9. The van der Waals surface area contributed by atoms with E-state index in [1.807, 2.05) is 0 Å². The van der Waals surface area contributed by atoms with E-state index in [-0.39, 0.29) is 18.0 Å². The van der Waals surface area contributed by atoms with Gasteiger partial charge < -0.3 is 19.9 Å². The van der Waals surface area contributed by atoms with Crippen LogP contribution in [0.3, 0.4) is 0 Å². The molecule has 0 aliphatic rings. The molecule has 0 fully saturated rings. The lowest BCUT2D eigenvalue weighted by Gasteiger charge is -2.07. The van der Waals surface area contributed by atoms with E-state index in [4.69, 9.17) is 9.84 Å². The van der Waals surface area contributed by atoms with E-state index in [2.05, 4.69) is 9.97 Å². The van der Waals surface area contributed by atoms with Crippen molar-refractivity contribution in [2.75, 3.05) is 13.2 Å². The molecule has 2 aromatic heterocycles. The lowest BCUT2D eigenvalue weighted by Crippen LogP contribution is -2.22. The second-order valence-corrected chi connectivity index (χ2v) is 5.16. The molecule has 0 aliphatic carbocycles. The van der Waals surface area contributed by atoms with E-state index in [1.54, 1.807) is 6.07 Å². The molecule has 1 atom stereocenters. The smallest absolute Gasteiger partial charge is 0.357 e. The molecule has 0 saturated heterocycles. The Morgan fingerprint density at radius 3 is 2.79 bits per heavy atom. The number of aromatic amines is 1. The number of ether oxygens (including phenoxy) is 1. The predicted octanol–water partition coefficient (Wildman–Crippen LogP) is 1.13. The molecule has 2 heterocycles. The molecule has 9 heteroatoms. The summed E-state index contributed by atoms with van der Waals surface area (Å²) >= 11 is 0. The minimum Gasteiger partial charge on any atom is -0.458 e. The number of nitro benzene ring substituents is 1. The summed E-state index contributed by atoms with van der Waals surface area (Å²) in [5.74, 6) is -0.760. The fraction of sp³-hybridized carbons (Fsp3) is 0.200. The number of aliphatic hydroxyl groups excluding tert-OH is 2. The number of esters is 1. The number of non-ortho nitro benzene ring substituents is 1. The van der Waals surface area contributed by atoms with Gasteiger partial charge in [-0.3, -0.25) is 10.1 Å². The van der Waals surface area contributed by atoms with Crippen molar-refractivity contribution in [3.05, 3.63) is 46.3 Å². The Labute approximate surface area is 134 Å². The number of hydrogen-bond acceptors (Lipinski definition) is 7. The van der Waals surface area contributed by atoms with Gasteiger partial charge >= 0.3 is 5.97 Å². The van der Waals surface area contributed by atoms with Crippen molar-refractivity contribution >= 4 is 33.5 Å². The van der Waals surface area contributed by atoms with E-state index in [0.717, 1.165) is 0 Å². The molecule has 0 bridgehead atoms. The summed E-state index contributed by atoms with van der Waals surface area (Å²) in [5.41, 5.74) is 1.24. The fourth-order valence-electron chi connectivity index (χ4n) is 2.31. The maximum atomic E-state index is 11.9. The number of aliphatic hydroxyl groups is 2. The normalized spacial score (nSPS) is 12.4. The first kappa shape index (κ1) is 15.8.